The first-order valence-electron chi connectivity index (χ1n) is 7.13. The SMILES string of the molecule is N#CCCCOC(=O)C1CCN(S(=O)(=O)c2cccs2)CC1. The van der Waals surface area contributed by atoms with Gasteiger partial charge in [-0.2, -0.15) is 9.57 Å². The monoisotopic (exact) mass is 342 g/mol. The maximum absolute atomic E-state index is 12.4. The summed E-state index contributed by atoms with van der Waals surface area (Å²) in [7, 11) is -3.43. The van der Waals surface area contributed by atoms with Gasteiger partial charge in [-0.05, 0) is 30.7 Å². The third-order valence-electron chi connectivity index (χ3n) is 3.55. The van der Waals surface area contributed by atoms with E-state index in [1.54, 1.807) is 17.5 Å². The summed E-state index contributed by atoms with van der Waals surface area (Å²) in [5.74, 6) is -0.539. The Bertz CT molecular complexity index is 626. The van der Waals surface area contributed by atoms with Crippen LogP contribution in [0.4, 0.5) is 0 Å². The molecule has 2 heterocycles. The summed E-state index contributed by atoms with van der Waals surface area (Å²) in [4.78, 5) is 11.9. The fourth-order valence-corrected chi connectivity index (χ4v) is 4.93. The fraction of sp³-hybridized carbons (Fsp3) is 0.571. The number of carbonyl (C=O) groups is 1. The Morgan fingerprint density at radius 3 is 2.77 bits per heavy atom. The quantitative estimate of drug-likeness (QED) is 0.583. The van der Waals surface area contributed by atoms with Crippen molar-refractivity contribution in [2.75, 3.05) is 19.7 Å². The Morgan fingerprint density at radius 1 is 1.45 bits per heavy atom. The second-order valence-corrected chi connectivity index (χ2v) is 8.15. The molecule has 0 aliphatic carbocycles. The average Bonchev–Trinajstić information content (AvgIpc) is 3.07. The van der Waals surface area contributed by atoms with Gasteiger partial charge in [0, 0.05) is 19.5 Å². The molecule has 6 nitrogen and oxygen atoms in total. The Morgan fingerprint density at radius 2 is 2.18 bits per heavy atom. The number of unbranched alkanes of at least 4 members (excludes halogenated alkanes) is 1. The van der Waals surface area contributed by atoms with Gasteiger partial charge in [-0.25, -0.2) is 8.42 Å². The topological polar surface area (TPSA) is 87.5 Å². The summed E-state index contributed by atoms with van der Waals surface area (Å²) in [6.45, 7) is 0.913. The first-order chi connectivity index (χ1) is 10.6. The van der Waals surface area contributed by atoms with Gasteiger partial charge in [0.15, 0.2) is 0 Å². The van der Waals surface area contributed by atoms with Gasteiger partial charge < -0.3 is 4.74 Å². The third kappa shape index (κ3) is 4.06. The number of hydrogen-bond acceptors (Lipinski definition) is 6. The molecule has 8 heteroatoms. The lowest BCUT2D eigenvalue weighted by Crippen LogP contribution is -2.40. The number of ether oxygens (including phenoxy) is 1. The van der Waals surface area contributed by atoms with Crippen molar-refractivity contribution in [1.29, 1.82) is 5.26 Å². The molecular formula is C14H18N2O4S2. The van der Waals surface area contributed by atoms with Crippen LogP contribution in [0.3, 0.4) is 0 Å². The Hall–Kier alpha value is -1.43. The van der Waals surface area contributed by atoms with Crippen molar-refractivity contribution in [1.82, 2.24) is 4.31 Å². The molecule has 2 rings (SSSR count). The van der Waals surface area contributed by atoms with Crippen molar-refractivity contribution in [2.45, 2.75) is 29.9 Å². The van der Waals surface area contributed by atoms with Gasteiger partial charge in [-0.1, -0.05) is 6.07 Å². The van der Waals surface area contributed by atoms with Crippen LogP contribution in [0, 0.1) is 17.2 Å². The molecule has 1 aromatic rings. The second-order valence-electron chi connectivity index (χ2n) is 5.04. The molecular weight excluding hydrogens is 324 g/mol. The standard InChI is InChI=1S/C14H18N2O4S2/c15-7-1-2-10-20-14(17)12-5-8-16(9-6-12)22(18,19)13-4-3-11-21-13/h3-4,11-12H,1-2,5-6,8-10H2. The van der Waals surface area contributed by atoms with Crippen molar-refractivity contribution in [3.8, 4) is 6.07 Å². The van der Waals surface area contributed by atoms with Crippen molar-refractivity contribution in [3.63, 3.8) is 0 Å². The van der Waals surface area contributed by atoms with Crippen LogP contribution in [0.5, 0.6) is 0 Å². The minimum Gasteiger partial charge on any atom is -0.465 e. The highest BCUT2D eigenvalue weighted by Gasteiger charge is 2.33. The Balaban J connectivity index is 1.83. The van der Waals surface area contributed by atoms with Gasteiger partial charge in [-0.15, -0.1) is 11.3 Å². The van der Waals surface area contributed by atoms with Gasteiger partial charge in [0.25, 0.3) is 10.0 Å². The smallest absolute Gasteiger partial charge is 0.309 e. The number of piperidine rings is 1. The predicted molar refractivity (Wildman–Crippen MR) is 81.6 cm³/mol. The molecule has 0 amide bonds. The summed E-state index contributed by atoms with van der Waals surface area (Å²) in [5.41, 5.74) is 0. The summed E-state index contributed by atoms with van der Waals surface area (Å²) < 4.78 is 31.6. The molecule has 0 saturated carbocycles. The highest BCUT2D eigenvalue weighted by Crippen LogP contribution is 2.26. The van der Waals surface area contributed by atoms with E-state index in [1.807, 2.05) is 6.07 Å². The number of rotatable bonds is 6. The average molecular weight is 342 g/mol. The molecule has 1 aliphatic rings. The number of thiophene rings is 1. The van der Waals surface area contributed by atoms with Crippen LogP contribution in [-0.2, 0) is 19.6 Å². The largest absolute Gasteiger partial charge is 0.465 e. The van der Waals surface area contributed by atoms with E-state index in [1.165, 1.54) is 15.6 Å². The van der Waals surface area contributed by atoms with Gasteiger partial charge >= 0.3 is 5.97 Å². The van der Waals surface area contributed by atoms with Crippen molar-refractivity contribution < 1.29 is 17.9 Å². The maximum Gasteiger partial charge on any atom is 0.309 e. The number of hydrogen-bond donors (Lipinski definition) is 0. The van der Waals surface area contributed by atoms with Gasteiger partial charge in [-0.3, -0.25) is 4.79 Å². The number of esters is 1. The van der Waals surface area contributed by atoms with Crippen LogP contribution in [0.1, 0.15) is 25.7 Å². The molecule has 0 unspecified atom stereocenters. The van der Waals surface area contributed by atoms with E-state index in [2.05, 4.69) is 0 Å². The summed E-state index contributed by atoms with van der Waals surface area (Å²) >= 11 is 1.20. The Kier molecular flexibility index (Phi) is 5.94. The van der Waals surface area contributed by atoms with Crippen LogP contribution < -0.4 is 0 Å². The summed E-state index contributed by atoms with van der Waals surface area (Å²) in [6, 6.07) is 5.30. The van der Waals surface area contributed by atoms with E-state index >= 15 is 0 Å². The maximum atomic E-state index is 12.4. The van der Waals surface area contributed by atoms with Gasteiger partial charge in [0.05, 0.1) is 18.6 Å². The number of carbonyl (C=O) groups excluding carboxylic acids is 1. The zero-order valence-electron chi connectivity index (χ0n) is 12.1. The number of nitriles is 1. The van der Waals surface area contributed by atoms with Crippen LogP contribution in [-0.4, -0.2) is 38.4 Å². The van der Waals surface area contributed by atoms with Gasteiger partial charge in [0.1, 0.15) is 4.21 Å². The van der Waals surface area contributed by atoms with E-state index in [9.17, 15) is 13.2 Å². The van der Waals surface area contributed by atoms with E-state index in [0.29, 0.717) is 43.0 Å². The van der Waals surface area contributed by atoms with Crippen LogP contribution in [0.25, 0.3) is 0 Å². The molecule has 1 saturated heterocycles. The van der Waals surface area contributed by atoms with Crippen molar-refractivity contribution in [3.05, 3.63) is 17.5 Å². The van der Waals surface area contributed by atoms with E-state index in [-0.39, 0.29) is 18.5 Å². The fourth-order valence-electron chi connectivity index (χ4n) is 2.31. The number of sulfonamides is 1. The van der Waals surface area contributed by atoms with E-state index < -0.39 is 10.0 Å². The molecule has 0 N–H and O–H groups in total. The molecule has 1 fully saturated rings. The van der Waals surface area contributed by atoms with Crippen molar-refractivity contribution in [2.24, 2.45) is 5.92 Å². The molecule has 1 aromatic heterocycles. The highest BCUT2D eigenvalue weighted by atomic mass is 32.2. The molecule has 0 bridgehead atoms. The number of nitrogens with zero attached hydrogens (tertiary/aromatic N) is 2. The van der Waals surface area contributed by atoms with Gasteiger partial charge in [0.2, 0.25) is 0 Å². The highest BCUT2D eigenvalue weighted by molar-refractivity contribution is 7.91. The molecule has 0 aromatic carbocycles. The minimum absolute atomic E-state index is 0.250. The lowest BCUT2D eigenvalue weighted by molar-refractivity contribution is -0.149. The zero-order valence-corrected chi connectivity index (χ0v) is 13.7. The molecule has 0 spiro atoms. The normalized spacial score (nSPS) is 17.0. The lowest BCUT2D eigenvalue weighted by atomic mass is 9.98. The molecule has 1 aliphatic heterocycles. The molecule has 0 atom stereocenters. The van der Waals surface area contributed by atoms with Crippen molar-refractivity contribution >= 4 is 27.3 Å². The first kappa shape index (κ1) is 16.9. The van der Waals surface area contributed by atoms with E-state index in [0.717, 1.165) is 0 Å². The van der Waals surface area contributed by atoms with Crippen LogP contribution in [0.2, 0.25) is 0 Å². The lowest BCUT2D eigenvalue weighted by Gasteiger charge is -2.29. The zero-order chi connectivity index (χ0) is 16.0. The molecule has 0 radical (unpaired) electrons. The van der Waals surface area contributed by atoms with E-state index in [4.69, 9.17) is 10.00 Å². The molecule has 22 heavy (non-hydrogen) atoms. The van der Waals surface area contributed by atoms with Crippen LogP contribution >= 0.6 is 11.3 Å². The summed E-state index contributed by atoms with van der Waals surface area (Å²) in [5, 5.41) is 10.1. The second kappa shape index (κ2) is 7.72. The predicted octanol–water partition coefficient (Wildman–Crippen LogP) is 2.00. The molecule has 120 valence electrons. The third-order valence-corrected chi connectivity index (χ3v) is 6.83. The first-order valence-corrected chi connectivity index (χ1v) is 9.45. The summed E-state index contributed by atoms with van der Waals surface area (Å²) in [6.07, 6.45) is 1.85. The minimum atomic E-state index is -3.43. The Labute approximate surface area is 134 Å². The van der Waals surface area contributed by atoms with Crippen LogP contribution in [0.15, 0.2) is 21.7 Å².